The summed E-state index contributed by atoms with van der Waals surface area (Å²) >= 11 is 5.96. The van der Waals surface area contributed by atoms with Crippen LogP contribution in [-0.4, -0.2) is 16.1 Å². The maximum absolute atomic E-state index is 11.2. The number of fused-ring (bicyclic) bond motifs is 1. The third kappa shape index (κ3) is 2.80. The minimum Gasteiger partial charge on any atom is -0.478 e. The molecule has 0 bridgehead atoms. The average molecular weight is 299 g/mol. The van der Waals surface area contributed by atoms with Gasteiger partial charge in [0.15, 0.2) is 0 Å². The number of carbonyl (C=O) groups is 1. The SMILES string of the molecule is O=C(O)c1ccccc1Nc1ccc2ccc(Cl)cc2n1. The first-order valence-electron chi connectivity index (χ1n) is 6.29. The van der Waals surface area contributed by atoms with Crippen molar-refractivity contribution in [2.24, 2.45) is 0 Å². The monoisotopic (exact) mass is 298 g/mol. The first-order chi connectivity index (χ1) is 10.1. The Kier molecular flexibility index (Phi) is 3.46. The van der Waals surface area contributed by atoms with Gasteiger partial charge in [0.05, 0.1) is 16.8 Å². The predicted molar refractivity (Wildman–Crippen MR) is 83.4 cm³/mol. The van der Waals surface area contributed by atoms with Crippen molar-refractivity contribution in [3.05, 3.63) is 65.2 Å². The van der Waals surface area contributed by atoms with E-state index in [1.165, 1.54) is 0 Å². The molecule has 3 rings (SSSR count). The van der Waals surface area contributed by atoms with Gasteiger partial charge in [-0.05, 0) is 36.4 Å². The zero-order chi connectivity index (χ0) is 14.8. The molecule has 4 nitrogen and oxygen atoms in total. The molecule has 0 amide bonds. The van der Waals surface area contributed by atoms with E-state index in [0.717, 1.165) is 10.9 Å². The topological polar surface area (TPSA) is 62.2 Å². The van der Waals surface area contributed by atoms with E-state index in [0.29, 0.717) is 16.5 Å². The molecule has 0 fully saturated rings. The number of benzene rings is 2. The standard InChI is InChI=1S/C16H11ClN2O2/c17-11-7-5-10-6-8-15(19-14(10)9-11)18-13-4-2-1-3-12(13)16(20)21/h1-9H,(H,18,19)(H,20,21). The average Bonchev–Trinajstić information content (AvgIpc) is 2.47. The number of halogens is 1. The molecular weight excluding hydrogens is 288 g/mol. The van der Waals surface area contributed by atoms with Gasteiger partial charge >= 0.3 is 5.97 Å². The fraction of sp³-hybridized carbons (Fsp3) is 0. The molecule has 0 spiro atoms. The second kappa shape index (κ2) is 5.42. The van der Waals surface area contributed by atoms with Crippen molar-refractivity contribution < 1.29 is 9.90 Å². The normalized spacial score (nSPS) is 10.5. The van der Waals surface area contributed by atoms with E-state index >= 15 is 0 Å². The van der Waals surface area contributed by atoms with Gasteiger partial charge in [-0.25, -0.2) is 9.78 Å². The number of para-hydroxylation sites is 1. The highest BCUT2D eigenvalue weighted by Gasteiger charge is 2.09. The van der Waals surface area contributed by atoms with Crippen molar-refractivity contribution in [2.45, 2.75) is 0 Å². The van der Waals surface area contributed by atoms with E-state index in [9.17, 15) is 9.90 Å². The summed E-state index contributed by atoms with van der Waals surface area (Å²) in [7, 11) is 0. The van der Waals surface area contributed by atoms with Gasteiger partial charge < -0.3 is 10.4 Å². The van der Waals surface area contributed by atoms with Crippen LogP contribution < -0.4 is 5.32 Å². The first kappa shape index (κ1) is 13.4. The van der Waals surface area contributed by atoms with Crippen molar-refractivity contribution >= 4 is 40.0 Å². The molecular formula is C16H11ClN2O2. The molecule has 0 saturated heterocycles. The largest absolute Gasteiger partial charge is 0.478 e. The number of pyridine rings is 1. The van der Waals surface area contributed by atoms with Gasteiger partial charge in [0.2, 0.25) is 0 Å². The number of hydrogen-bond acceptors (Lipinski definition) is 3. The summed E-state index contributed by atoms with van der Waals surface area (Å²) in [5.41, 5.74) is 1.45. The molecule has 1 aromatic heterocycles. The summed E-state index contributed by atoms with van der Waals surface area (Å²) in [6.45, 7) is 0. The van der Waals surface area contributed by atoms with E-state index in [2.05, 4.69) is 10.3 Å². The second-order valence-corrected chi connectivity index (χ2v) is 4.95. The number of aromatic carboxylic acids is 1. The highest BCUT2D eigenvalue weighted by Crippen LogP contribution is 2.23. The molecule has 0 aliphatic carbocycles. The minimum absolute atomic E-state index is 0.200. The summed E-state index contributed by atoms with van der Waals surface area (Å²) in [4.78, 5) is 15.6. The van der Waals surface area contributed by atoms with E-state index in [4.69, 9.17) is 11.6 Å². The third-order valence-corrected chi connectivity index (χ3v) is 3.31. The Morgan fingerprint density at radius 2 is 1.86 bits per heavy atom. The molecule has 2 N–H and O–H groups in total. The van der Waals surface area contributed by atoms with Gasteiger partial charge in [0.1, 0.15) is 5.82 Å². The molecule has 0 aliphatic heterocycles. The number of nitrogens with zero attached hydrogens (tertiary/aromatic N) is 1. The summed E-state index contributed by atoms with van der Waals surface area (Å²) in [5, 5.41) is 13.8. The van der Waals surface area contributed by atoms with Crippen LogP contribution in [0.15, 0.2) is 54.6 Å². The summed E-state index contributed by atoms with van der Waals surface area (Å²) < 4.78 is 0. The van der Waals surface area contributed by atoms with Crippen molar-refractivity contribution in [3.63, 3.8) is 0 Å². The van der Waals surface area contributed by atoms with Gasteiger partial charge in [-0.2, -0.15) is 0 Å². The van der Waals surface area contributed by atoms with Crippen molar-refractivity contribution in [1.29, 1.82) is 0 Å². The van der Waals surface area contributed by atoms with Crippen LogP contribution in [0.3, 0.4) is 0 Å². The number of anilines is 2. The molecule has 21 heavy (non-hydrogen) atoms. The summed E-state index contributed by atoms with van der Waals surface area (Å²) in [6, 6.07) is 15.9. The molecule has 0 saturated carbocycles. The number of nitrogens with one attached hydrogen (secondary N) is 1. The van der Waals surface area contributed by atoms with Gasteiger partial charge in [0.25, 0.3) is 0 Å². The lowest BCUT2D eigenvalue weighted by Gasteiger charge is -2.09. The zero-order valence-electron chi connectivity index (χ0n) is 10.9. The maximum Gasteiger partial charge on any atom is 0.337 e. The number of aromatic nitrogens is 1. The second-order valence-electron chi connectivity index (χ2n) is 4.51. The van der Waals surface area contributed by atoms with Crippen LogP contribution in [0.25, 0.3) is 10.9 Å². The van der Waals surface area contributed by atoms with Crippen molar-refractivity contribution in [3.8, 4) is 0 Å². The Labute approximate surface area is 126 Å². The van der Waals surface area contributed by atoms with Crippen LogP contribution in [0, 0.1) is 0 Å². The zero-order valence-corrected chi connectivity index (χ0v) is 11.6. The quantitative estimate of drug-likeness (QED) is 0.755. The lowest BCUT2D eigenvalue weighted by atomic mass is 10.1. The van der Waals surface area contributed by atoms with Crippen molar-refractivity contribution in [2.75, 3.05) is 5.32 Å². The molecule has 0 unspecified atom stereocenters. The van der Waals surface area contributed by atoms with Crippen molar-refractivity contribution in [1.82, 2.24) is 4.98 Å². The summed E-state index contributed by atoms with van der Waals surface area (Å²) in [5.74, 6) is -0.416. The Morgan fingerprint density at radius 3 is 2.67 bits per heavy atom. The molecule has 2 aromatic carbocycles. The number of hydrogen-bond donors (Lipinski definition) is 2. The molecule has 104 valence electrons. The molecule has 0 aliphatic rings. The first-order valence-corrected chi connectivity index (χ1v) is 6.67. The Balaban J connectivity index is 2.00. The minimum atomic E-state index is -0.984. The van der Waals surface area contributed by atoms with Gasteiger partial charge in [0, 0.05) is 10.4 Å². The summed E-state index contributed by atoms with van der Waals surface area (Å²) in [6.07, 6.45) is 0. The van der Waals surface area contributed by atoms with Gasteiger partial charge in [-0.1, -0.05) is 29.8 Å². The molecule has 3 aromatic rings. The van der Waals surface area contributed by atoms with Gasteiger partial charge in [-0.15, -0.1) is 0 Å². The Hall–Kier alpha value is -2.59. The highest BCUT2D eigenvalue weighted by atomic mass is 35.5. The lowest BCUT2D eigenvalue weighted by molar-refractivity contribution is 0.0698. The van der Waals surface area contributed by atoms with Crippen LogP contribution >= 0.6 is 11.6 Å². The van der Waals surface area contributed by atoms with Crippen LogP contribution in [-0.2, 0) is 0 Å². The molecule has 1 heterocycles. The van der Waals surface area contributed by atoms with E-state index in [1.807, 2.05) is 12.1 Å². The fourth-order valence-corrected chi connectivity index (χ4v) is 2.24. The van der Waals surface area contributed by atoms with E-state index < -0.39 is 5.97 Å². The van der Waals surface area contributed by atoms with Crippen LogP contribution in [0.4, 0.5) is 11.5 Å². The molecule has 5 heteroatoms. The van der Waals surface area contributed by atoms with Crippen LogP contribution in [0.5, 0.6) is 0 Å². The molecule has 0 radical (unpaired) electrons. The predicted octanol–water partition coefficient (Wildman–Crippen LogP) is 4.33. The number of carboxylic acid groups (broad SMARTS) is 1. The Morgan fingerprint density at radius 1 is 1.10 bits per heavy atom. The fourth-order valence-electron chi connectivity index (χ4n) is 2.08. The van der Waals surface area contributed by atoms with E-state index in [1.54, 1.807) is 42.5 Å². The van der Waals surface area contributed by atoms with Gasteiger partial charge in [-0.3, -0.25) is 0 Å². The number of carboxylic acids is 1. The number of rotatable bonds is 3. The van der Waals surface area contributed by atoms with Crippen LogP contribution in [0.2, 0.25) is 5.02 Å². The Bertz CT molecular complexity index is 833. The smallest absolute Gasteiger partial charge is 0.337 e. The maximum atomic E-state index is 11.2. The third-order valence-electron chi connectivity index (χ3n) is 3.07. The lowest BCUT2D eigenvalue weighted by Crippen LogP contribution is -2.03. The molecule has 0 atom stereocenters. The highest BCUT2D eigenvalue weighted by molar-refractivity contribution is 6.31. The van der Waals surface area contributed by atoms with E-state index in [-0.39, 0.29) is 5.56 Å². The van der Waals surface area contributed by atoms with Crippen LogP contribution in [0.1, 0.15) is 10.4 Å².